The Morgan fingerprint density at radius 3 is 2.88 bits per heavy atom. The van der Waals surface area contributed by atoms with Gasteiger partial charge in [-0.05, 0) is 22.8 Å². The third-order valence-electron chi connectivity index (χ3n) is 3.08. The van der Waals surface area contributed by atoms with Crippen molar-refractivity contribution >= 4 is 0 Å². The summed E-state index contributed by atoms with van der Waals surface area (Å²) in [7, 11) is 1.84. The minimum absolute atomic E-state index is 0.637. The van der Waals surface area contributed by atoms with Gasteiger partial charge in [0, 0.05) is 13.2 Å². The summed E-state index contributed by atoms with van der Waals surface area (Å²) >= 11 is 0. The summed E-state index contributed by atoms with van der Waals surface area (Å²) in [6.45, 7) is 1.31. The first-order valence-electron chi connectivity index (χ1n) is 5.61. The number of fused-ring (bicyclic) bond motifs is 1. The summed E-state index contributed by atoms with van der Waals surface area (Å²) in [4.78, 5) is 0. The van der Waals surface area contributed by atoms with Crippen LogP contribution in [0.4, 0.5) is 0 Å². The standard InChI is InChI=1S/C13H14N2O2/c1-15-5-4-12(14-15)13(16)9-2-3-10-7-17-8-11(10)6-9/h2-6,13,16H,7-8H2,1H3. The van der Waals surface area contributed by atoms with Crippen LogP contribution in [0.3, 0.4) is 0 Å². The van der Waals surface area contributed by atoms with Gasteiger partial charge in [0.05, 0.1) is 18.9 Å². The second kappa shape index (κ2) is 3.98. The number of ether oxygens (including phenoxy) is 1. The molecule has 0 aliphatic carbocycles. The van der Waals surface area contributed by atoms with Gasteiger partial charge in [0.2, 0.25) is 0 Å². The molecule has 1 atom stereocenters. The van der Waals surface area contributed by atoms with Crippen LogP contribution in [0.5, 0.6) is 0 Å². The highest BCUT2D eigenvalue weighted by Crippen LogP contribution is 2.26. The van der Waals surface area contributed by atoms with Crippen molar-refractivity contribution in [2.75, 3.05) is 0 Å². The highest BCUT2D eigenvalue weighted by Gasteiger charge is 2.17. The second-order valence-electron chi connectivity index (χ2n) is 4.34. The van der Waals surface area contributed by atoms with E-state index in [1.54, 1.807) is 4.68 Å². The van der Waals surface area contributed by atoms with Crippen LogP contribution < -0.4 is 0 Å². The van der Waals surface area contributed by atoms with E-state index in [-0.39, 0.29) is 0 Å². The Balaban J connectivity index is 1.94. The normalized spacial score (nSPS) is 15.9. The maximum Gasteiger partial charge on any atom is 0.123 e. The molecule has 1 aliphatic heterocycles. The van der Waals surface area contributed by atoms with Crippen molar-refractivity contribution < 1.29 is 9.84 Å². The molecule has 4 heteroatoms. The van der Waals surface area contributed by atoms with E-state index in [1.165, 1.54) is 5.56 Å². The summed E-state index contributed by atoms with van der Waals surface area (Å²) in [5.41, 5.74) is 3.92. The molecular weight excluding hydrogens is 216 g/mol. The van der Waals surface area contributed by atoms with Gasteiger partial charge in [-0.3, -0.25) is 4.68 Å². The topological polar surface area (TPSA) is 47.3 Å². The first-order valence-corrected chi connectivity index (χ1v) is 5.61. The maximum absolute atomic E-state index is 10.2. The number of aryl methyl sites for hydroxylation is 1. The quantitative estimate of drug-likeness (QED) is 0.851. The minimum atomic E-state index is -0.665. The van der Waals surface area contributed by atoms with E-state index in [2.05, 4.69) is 5.10 Å². The molecule has 2 heterocycles. The highest BCUT2D eigenvalue weighted by molar-refractivity contribution is 5.36. The molecule has 0 radical (unpaired) electrons. The molecule has 3 rings (SSSR count). The lowest BCUT2D eigenvalue weighted by molar-refractivity contribution is 0.134. The Kier molecular flexibility index (Phi) is 2.46. The molecule has 2 aromatic rings. The number of hydrogen-bond acceptors (Lipinski definition) is 3. The van der Waals surface area contributed by atoms with Gasteiger partial charge >= 0.3 is 0 Å². The van der Waals surface area contributed by atoms with Gasteiger partial charge in [0.1, 0.15) is 6.10 Å². The van der Waals surface area contributed by atoms with Gasteiger partial charge in [-0.2, -0.15) is 5.10 Å². The van der Waals surface area contributed by atoms with Crippen LogP contribution >= 0.6 is 0 Å². The Bertz CT molecular complexity index is 548. The molecule has 17 heavy (non-hydrogen) atoms. The van der Waals surface area contributed by atoms with Crippen molar-refractivity contribution in [3.05, 3.63) is 52.8 Å². The molecule has 1 unspecified atom stereocenters. The van der Waals surface area contributed by atoms with Crippen molar-refractivity contribution in [3.8, 4) is 0 Å². The highest BCUT2D eigenvalue weighted by atomic mass is 16.5. The molecule has 1 aromatic carbocycles. The smallest absolute Gasteiger partial charge is 0.123 e. The minimum Gasteiger partial charge on any atom is -0.382 e. The lowest BCUT2D eigenvalue weighted by Gasteiger charge is -2.09. The fourth-order valence-electron chi connectivity index (χ4n) is 2.11. The average Bonchev–Trinajstić information content (AvgIpc) is 2.95. The molecule has 0 spiro atoms. The Morgan fingerprint density at radius 2 is 2.12 bits per heavy atom. The SMILES string of the molecule is Cn1ccc(C(O)c2ccc3c(c2)COC3)n1. The van der Waals surface area contributed by atoms with Crippen LogP contribution in [0.1, 0.15) is 28.5 Å². The van der Waals surface area contributed by atoms with E-state index in [9.17, 15) is 5.11 Å². The van der Waals surface area contributed by atoms with Crippen molar-refractivity contribution in [1.82, 2.24) is 9.78 Å². The molecule has 88 valence electrons. The zero-order valence-corrected chi connectivity index (χ0v) is 9.63. The van der Waals surface area contributed by atoms with E-state index in [0.717, 1.165) is 11.1 Å². The molecular formula is C13H14N2O2. The average molecular weight is 230 g/mol. The third kappa shape index (κ3) is 1.85. The van der Waals surface area contributed by atoms with Crippen molar-refractivity contribution in [2.45, 2.75) is 19.3 Å². The van der Waals surface area contributed by atoms with Gasteiger partial charge in [-0.15, -0.1) is 0 Å². The van der Waals surface area contributed by atoms with Crippen molar-refractivity contribution in [3.63, 3.8) is 0 Å². The van der Waals surface area contributed by atoms with Crippen molar-refractivity contribution in [2.24, 2.45) is 7.05 Å². The number of rotatable bonds is 2. The molecule has 0 fully saturated rings. The van der Waals surface area contributed by atoms with Crippen LogP contribution in [0.2, 0.25) is 0 Å². The van der Waals surface area contributed by atoms with Crippen molar-refractivity contribution in [1.29, 1.82) is 0 Å². The molecule has 1 aromatic heterocycles. The van der Waals surface area contributed by atoms with Crippen LogP contribution in [0.25, 0.3) is 0 Å². The van der Waals surface area contributed by atoms with E-state index < -0.39 is 6.10 Å². The summed E-state index contributed by atoms with van der Waals surface area (Å²) in [5, 5.41) is 14.4. The number of aromatic nitrogens is 2. The third-order valence-corrected chi connectivity index (χ3v) is 3.08. The second-order valence-corrected chi connectivity index (χ2v) is 4.34. The van der Waals surface area contributed by atoms with Gasteiger partial charge in [-0.1, -0.05) is 18.2 Å². The molecule has 0 saturated carbocycles. The lowest BCUT2D eigenvalue weighted by atomic mass is 10.0. The molecule has 1 aliphatic rings. The van der Waals surface area contributed by atoms with Gasteiger partial charge in [-0.25, -0.2) is 0 Å². The summed E-state index contributed by atoms with van der Waals surface area (Å²) in [5.74, 6) is 0. The zero-order valence-electron chi connectivity index (χ0n) is 9.63. The molecule has 4 nitrogen and oxygen atoms in total. The predicted molar refractivity (Wildman–Crippen MR) is 62.2 cm³/mol. The van der Waals surface area contributed by atoms with E-state index in [0.29, 0.717) is 18.9 Å². The monoisotopic (exact) mass is 230 g/mol. The van der Waals surface area contributed by atoms with E-state index in [4.69, 9.17) is 4.74 Å². The summed E-state index contributed by atoms with van der Waals surface area (Å²) in [6, 6.07) is 7.78. The zero-order chi connectivity index (χ0) is 11.8. The summed E-state index contributed by atoms with van der Waals surface area (Å²) in [6.07, 6.45) is 1.16. The molecule has 0 saturated heterocycles. The number of hydrogen-bond donors (Lipinski definition) is 1. The van der Waals surface area contributed by atoms with Gasteiger partial charge in [0.15, 0.2) is 0 Å². The van der Waals surface area contributed by atoms with Crippen LogP contribution in [-0.2, 0) is 25.0 Å². The fraction of sp³-hybridized carbons (Fsp3) is 0.308. The van der Waals surface area contributed by atoms with Gasteiger partial charge < -0.3 is 9.84 Å². The number of nitrogens with zero attached hydrogens (tertiary/aromatic N) is 2. The summed E-state index contributed by atoms with van der Waals surface area (Å²) < 4.78 is 7.05. The van der Waals surface area contributed by atoms with Gasteiger partial charge in [0.25, 0.3) is 0 Å². The largest absolute Gasteiger partial charge is 0.382 e. The van der Waals surface area contributed by atoms with E-state index >= 15 is 0 Å². The maximum atomic E-state index is 10.2. The molecule has 0 bridgehead atoms. The number of aliphatic hydroxyl groups excluding tert-OH is 1. The lowest BCUT2D eigenvalue weighted by Crippen LogP contribution is -2.02. The molecule has 1 N–H and O–H groups in total. The Hall–Kier alpha value is -1.65. The first kappa shape index (κ1) is 10.5. The Morgan fingerprint density at radius 1 is 1.29 bits per heavy atom. The molecule has 0 amide bonds. The van der Waals surface area contributed by atoms with Crippen LogP contribution in [-0.4, -0.2) is 14.9 Å². The fourth-order valence-corrected chi connectivity index (χ4v) is 2.11. The van der Waals surface area contributed by atoms with Crippen LogP contribution in [0.15, 0.2) is 30.5 Å². The Labute approximate surface area is 99.5 Å². The van der Waals surface area contributed by atoms with Crippen LogP contribution in [0, 0.1) is 0 Å². The first-order chi connectivity index (χ1) is 8.24. The predicted octanol–water partition coefficient (Wildman–Crippen LogP) is 1.53. The number of benzene rings is 1. The van der Waals surface area contributed by atoms with E-state index in [1.807, 2.05) is 37.5 Å². The number of aliphatic hydroxyl groups is 1.